The van der Waals surface area contributed by atoms with Crippen molar-refractivity contribution in [2.75, 3.05) is 19.6 Å². The second-order valence-electron chi connectivity index (χ2n) is 6.40. The third kappa shape index (κ3) is 4.63. The lowest BCUT2D eigenvalue weighted by Gasteiger charge is -2.32. The first-order chi connectivity index (χ1) is 12.9. The molecule has 0 spiro atoms. The SMILES string of the molecule is O=C(NC[C@H]1CCCN(S(=O)(=O)c2ccc(F)c(Cl)c2)C1)c1cccnc1. The summed E-state index contributed by atoms with van der Waals surface area (Å²) in [5.74, 6) is -0.913. The fourth-order valence-corrected chi connectivity index (χ4v) is 4.86. The van der Waals surface area contributed by atoms with E-state index in [2.05, 4.69) is 10.3 Å². The molecule has 1 aliphatic heterocycles. The van der Waals surface area contributed by atoms with Gasteiger partial charge in [-0.15, -0.1) is 0 Å². The third-order valence-electron chi connectivity index (χ3n) is 4.49. The molecule has 144 valence electrons. The number of rotatable bonds is 5. The van der Waals surface area contributed by atoms with Crippen LogP contribution >= 0.6 is 11.6 Å². The first-order valence-corrected chi connectivity index (χ1v) is 10.3. The average molecular weight is 412 g/mol. The topological polar surface area (TPSA) is 79.4 Å². The zero-order valence-corrected chi connectivity index (χ0v) is 16.0. The average Bonchev–Trinajstić information content (AvgIpc) is 2.69. The molecule has 3 rings (SSSR count). The van der Waals surface area contributed by atoms with Crippen LogP contribution in [0.5, 0.6) is 0 Å². The highest BCUT2D eigenvalue weighted by atomic mass is 35.5. The maximum absolute atomic E-state index is 13.3. The number of hydrogen-bond donors (Lipinski definition) is 1. The molecule has 1 aromatic carbocycles. The largest absolute Gasteiger partial charge is 0.352 e. The van der Waals surface area contributed by atoms with Crippen LogP contribution in [0.4, 0.5) is 4.39 Å². The van der Waals surface area contributed by atoms with Crippen molar-refractivity contribution < 1.29 is 17.6 Å². The van der Waals surface area contributed by atoms with Crippen molar-refractivity contribution in [3.05, 3.63) is 59.1 Å². The zero-order valence-electron chi connectivity index (χ0n) is 14.4. The fourth-order valence-electron chi connectivity index (χ4n) is 3.03. The number of hydrogen-bond acceptors (Lipinski definition) is 4. The first-order valence-electron chi connectivity index (χ1n) is 8.51. The van der Waals surface area contributed by atoms with Gasteiger partial charge in [-0.05, 0) is 49.1 Å². The molecule has 1 amide bonds. The van der Waals surface area contributed by atoms with Gasteiger partial charge in [0.1, 0.15) is 5.82 Å². The molecule has 1 aliphatic rings. The number of sulfonamides is 1. The molecule has 1 atom stereocenters. The van der Waals surface area contributed by atoms with Crippen molar-refractivity contribution in [1.29, 1.82) is 0 Å². The lowest BCUT2D eigenvalue weighted by Crippen LogP contribution is -2.43. The molecule has 0 bridgehead atoms. The normalized spacial score (nSPS) is 18.2. The Labute approximate surface area is 162 Å². The number of pyridine rings is 1. The van der Waals surface area contributed by atoms with Crippen LogP contribution in [0.25, 0.3) is 0 Å². The van der Waals surface area contributed by atoms with E-state index in [4.69, 9.17) is 11.6 Å². The van der Waals surface area contributed by atoms with Crippen LogP contribution < -0.4 is 5.32 Å². The predicted molar refractivity (Wildman–Crippen MR) is 99.5 cm³/mol. The molecule has 0 aliphatic carbocycles. The highest BCUT2D eigenvalue weighted by Gasteiger charge is 2.30. The molecule has 2 heterocycles. The summed E-state index contributed by atoms with van der Waals surface area (Å²) in [5, 5.41) is 2.60. The van der Waals surface area contributed by atoms with Crippen LogP contribution in [-0.4, -0.2) is 43.2 Å². The number of halogens is 2. The molecule has 27 heavy (non-hydrogen) atoms. The van der Waals surface area contributed by atoms with E-state index in [1.54, 1.807) is 18.3 Å². The van der Waals surface area contributed by atoms with Gasteiger partial charge < -0.3 is 5.32 Å². The summed E-state index contributed by atoms with van der Waals surface area (Å²) in [6.45, 7) is 1.03. The standard InChI is InChI=1S/C18H19ClFN3O3S/c19-16-9-15(5-6-17(16)20)27(25,26)23-8-2-3-13(12-23)10-22-18(24)14-4-1-7-21-11-14/h1,4-7,9,11,13H,2-3,8,10,12H2,(H,22,24)/t13-/m1/s1. The monoisotopic (exact) mass is 411 g/mol. The Morgan fingerprint density at radius 2 is 2.19 bits per heavy atom. The highest BCUT2D eigenvalue weighted by Crippen LogP contribution is 2.26. The Kier molecular flexibility index (Phi) is 6.08. The Morgan fingerprint density at radius 3 is 2.89 bits per heavy atom. The van der Waals surface area contributed by atoms with Crippen molar-refractivity contribution in [1.82, 2.24) is 14.6 Å². The van der Waals surface area contributed by atoms with Crippen LogP contribution in [0.3, 0.4) is 0 Å². The number of piperidine rings is 1. The number of benzene rings is 1. The summed E-state index contributed by atoms with van der Waals surface area (Å²) in [6.07, 6.45) is 4.55. The predicted octanol–water partition coefficient (Wildman–Crippen LogP) is 2.70. The van der Waals surface area contributed by atoms with Gasteiger partial charge in [-0.25, -0.2) is 12.8 Å². The van der Waals surface area contributed by atoms with Gasteiger partial charge in [-0.1, -0.05) is 11.6 Å². The molecule has 2 aromatic rings. The van der Waals surface area contributed by atoms with Crippen LogP contribution in [0.15, 0.2) is 47.6 Å². The number of amides is 1. The maximum atomic E-state index is 13.3. The second-order valence-corrected chi connectivity index (χ2v) is 8.74. The van der Waals surface area contributed by atoms with Crippen molar-refractivity contribution in [2.45, 2.75) is 17.7 Å². The molecular weight excluding hydrogens is 393 g/mol. The number of carbonyl (C=O) groups is 1. The van der Waals surface area contributed by atoms with Gasteiger partial charge in [-0.2, -0.15) is 4.31 Å². The molecule has 1 aromatic heterocycles. The molecular formula is C18H19ClFN3O3S. The van der Waals surface area contributed by atoms with Gasteiger partial charge in [-0.3, -0.25) is 9.78 Å². The molecule has 6 nitrogen and oxygen atoms in total. The Hall–Kier alpha value is -2.03. The summed E-state index contributed by atoms with van der Waals surface area (Å²) in [6, 6.07) is 6.73. The maximum Gasteiger partial charge on any atom is 0.252 e. The molecule has 1 saturated heterocycles. The van der Waals surface area contributed by atoms with E-state index in [9.17, 15) is 17.6 Å². The van der Waals surface area contributed by atoms with E-state index in [0.29, 0.717) is 25.1 Å². The highest BCUT2D eigenvalue weighted by molar-refractivity contribution is 7.89. The Bertz CT molecular complexity index is 925. The van der Waals surface area contributed by atoms with E-state index < -0.39 is 15.8 Å². The van der Waals surface area contributed by atoms with Gasteiger partial charge in [0.15, 0.2) is 0 Å². The second kappa shape index (κ2) is 8.33. The van der Waals surface area contributed by atoms with E-state index in [-0.39, 0.29) is 28.3 Å². The summed E-state index contributed by atoms with van der Waals surface area (Å²) >= 11 is 5.72. The van der Waals surface area contributed by atoms with Gasteiger partial charge in [0.2, 0.25) is 10.0 Å². The molecule has 1 fully saturated rings. The minimum Gasteiger partial charge on any atom is -0.352 e. The Morgan fingerprint density at radius 1 is 1.37 bits per heavy atom. The van der Waals surface area contributed by atoms with Crippen LogP contribution in [-0.2, 0) is 10.0 Å². The summed E-state index contributed by atoms with van der Waals surface area (Å²) < 4.78 is 40.3. The van der Waals surface area contributed by atoms with Gasteiger partial charge in [0, 0.05) is 32.0 Å². The minimum atomic E-state index is -3.77. The van der Waals surface area contributed by atoms with Crippen molar-refractivity contribution in [3.8, 4) is 0 Å². The van der Waals surface area contributed by atoms with E-state index in [1.807, 2.05) is 0 Å². The zero-order chi connectivity index (χ0) is 19.4. The number of carbonyl (C=O) groups excluding carboxylic acids is 1. The smallest absolute Gasteiger partial charge is 0.252 e. The van der Waals surface area contributed by atoms with Gasteiger partial charge >= 0.3 is 0 Å². The molecule has 1 N–H and O–H groups in total. The number of aromatic nitrogens is 1. The van der Waals surface area contributed by atoms with Gasteiger partial charge in [0.05, 0.1) is 15.5 Å². The lowest BCUT2D eigenvalue weighted by molar-refractivity contribution is 0.0941. The van der Waals surface area contributed by atoms with E-state index in [1.165, 1.54) is 16.6 Å². The quantitative estimate of drug-likeness (QED) is 0.820. The van der Waals surface area contributed by atoms with Crippen molar-refractivity contribution in [2.24, 2.45) is 5.92 Å². The van der Waals surface area contributed by atoms with Crippen LogP contribution in [0, 0.1) is 11.7 Å². The summed E-state index contributed by atoms with van der Waals surface area (Å²) in [7, 11) is -3.77. The first kappa shape index (κ1) is 19.7. The summed E-state index contributed by atoms with van der Waals surface area (Å²) in [4.78, 5) is 16.0. The van der Waals surface area contributed by atoms with Crippen LogP contribution in [0.2, 0.25) is 5.02 Å². The van der Waals surface area contributed by atoms with Crippen molar-refractivity contribution in [3.63, 3.8) is 0 Å². The fraction of sp³-hybridized carbons (Fsp3) is 0.333. The third-order valence-corrected chi connectivity index (χ3v) is 6.64. The van der Waals surface area contributed by atoms with Gasteiger partial charge in [0.25, 0.3) is 5.91 Å². The molecule has 9 heteroatoms. The van der Waals surface area contributed by atoms with Crippen molar-refractivity contribution >= 4 is 27.5 Å². The molecule has 0 unspecified atom stereocenters. The van der Waals surface area contributed by atoms with E-state index >= 15 is 0 Å². The van der Waals surface area contributed by atoms with E-state index in [0.717, 1.165) is 18.6 Å². The molecule has 0 saturated carbocycles. The minimum absolute atomic E-state index is 0.00920. The number of nitrogens with zero attached hydrogens (tertiary/aromatic N) is 2. The summed E-state index contributed by atoms with van der Waals surface area (Å²) in [5.41, 5.74) is 0.457. The lowest BCUT2D eigenvalue weighted by atomic mass is 9.99. The Balaban J connectivity index is 1.65. The van der Waals surface area contributed by atoms with Crippen LogP contribution in [0.1, 0.15) is 23.2 Å². The number of nitrogens with one attached hydrogen (secondary N) is 1. The molecule has 0 radical (unpaired) electrons.